The van der Waals surface area contributed by atoms with E-state index in [9.17, 15) is 0 Å². The average molecular weight is 401 g/mol. The highest BCUT2D eigenvalue weighted by molar-refractivity contribution is 7.18. The van der Waals surface area contributed by atoms with Gasteiger partial charge in [-0.1, -0.05) is 6.07 Å². The van der Waals surface area contributed by atoms with E-state index in [0.717, 1.165) is 55.2 Å². The standard InChI is InChI=1S/C20H24N4OS2/c1-13(14-4-5-14)21-19-18-15(16-3-2-10-26-16)12-27-20(18)23-17(22-19)11-24-6-8-25-9-7-24/h2-3,10,12-14H,4-9,11H2,1H3,(H,21,22,23)/t13-/m0/s1. The molecule has 1 atom stereocenters. The zero-order valence-electron chi connectivity index (χ0n) is 15.5. The number of morpholine rings is 1. The van der Waals surface area contributed by atoms with Crippen LogP contribution in [-0.4, -0.2) is 47.2 Å². The number of thiophene rings is 2. The van der Waals surface area contributed by atoms with Gasteiger partial charge < -0.3 is 10.1 Å². The first-order chi connectivity index (χ1) is 13.3. The van der Waals surface area contributed by atoms with Gasteiger partial charge in [-0.2, -0.15) is 0 Å². The van der Waals surface area contributed by atoms with E-state index in [2.05, 4.69) is 40.0 Å². The highest BCUT2D eigenvalue weighted by atomic mass is 32.1. The Labute approximate surface area is 167 Å². The van der Waals surface area contributed by atoms with Crippen LogP contribution in [0.25, 0.3) is 20.7 Å². The van der Waals surface area contributed by atoms with Crippen LogP contribution in [0.2, 0.25) is 0 Å². The summed E-state index contributed by atoms with van der Waals surface area (Å²) in [6.45, 7) is 6.57. The van der Waals surface area contributed by atoms with Crippen molar-refractivity contribution in [3.8, 4) is 10.4 Å². The summed E-state index contributed by atoms with van der Waals surface area (Å²) in [5.74, 6) is 2.70. The molecule has 0 unspecified atom stereocenters. The number of nitrogens with one attached hydrogen (secondary N) is 1. The van der Waals surface area contributed by atoms with Gasteiger partial charge in [-0.25, -0.2) is 9.97 Å². The van der Waals surface area contributed by atoms with Gasteiger partial charge in [-0.3, -0.25) is 4.90 Å². The quantitative estimate of drug-likeness (QED) is 0.662. The van der Waals surface area contributed by atoms with Crippen LogP contribution in [0, 0.1) is 5.92 Å². The van der Waals surface area contributed by atoms with Crippen molar-refractivity contribution in [2.45, 2.75) is 32.4 Å². The molecule has 0 aromatic carbocycles. The van der Waals surface area contributed by atoms with Gasteiger partial charge in [-0.15, -0.1) is 22.7 Å². The van der Waals surface area contributed by atoms with Gasteiger partial charge >= 0.3 is 0 Å². The molecular formula is C20H24N4OS2. The number of fused-ring (bicyclic) bond motifs is 1. The molecule has 2 aliphatic rings. The van der Waals surface area contributed by atoms with E-state index in [-0.39, 0.29) is 0 Å². The molecule has 142 valence electrons. The van der Waals surface area contributed by atoms with Crippen molar-refractivity contribution < 1.29 is 4.74 Å². The number of anilines is 1. The lowest BCUT2D eigenvalue weighted by Crippen LogP contribution is -2.36. The Morgan fingerprint density at radius 3 is 2.85 bits per heavy atom. The fraction of sp³-hybridized carbons (Fsp3) is 0.500. The number of hydrogen-bond acceptors (Lipinski definition) is 7. The van der Waals surface area contributed by atoms with E-state index in [1.165, 1.54) is 28.7 Å². The number of hydrogen-bond donors (Lipinski definition) is 1. The van der Waals surface area contributed by atoms with Crippen LogP contribution in [0.5, 0.6) is 0 Å². The van der Waals surface area contributed by atoms with Gasteiger partial charge in [0.25, 0.3) is 0 Å². The molecule has 7 heteroatoms. The Kier molecular flexibility index (Phi) is 4.85. The van der Waals surface area contributed by atoms with Crippen molar-refractivity contribution >= 4 is 38.7 Å². The van der Waals surface area contributed by atoms with Gasteiger partial charge in [0.05, 0.1) is 25.1 Å². The maximum Gasteiger partial charge on any atom is 0.146 e. The molecule has 3 aromatic heterocycles. The first-order valence-corrected chi connectivity index (χ1v) is 11.4. The van der Waals surface area contributed by atoms with E-state index >= 15 is 0 Å². The summed E-state index contributed by atoms with van der Waals surface area (Å²) >= 11 is 3.50. The summed E-state index contributed by atoms with van der Waals surface area (Å²) in [7, 11) is 0. The second-order valence-electron chi connectivity index (χ2n) is 7.45. The fourth-order valence-electron chi connectivity index (χ4n) is 3.66. The highest BCUT2D eigenvalue weighted by Gasteiger charge is 2.29. The minimum Gasteiger partial charge on any atom is -0.379 e. The van der Waals surface area contributed by atoms with Crippen molar-refractivity contribution in [3.63, 3.8) is 0 Å². The van der Waals surface area contributed by atoms with Crippen molar-refractivity contribution in [3.05, 3.63) is 28.7 Å². The minimum atomic E-state index is 0.454. The maximum absolute atomic E-state index is 5.47. The SMILES string of the molecule is C[C@H](Nc1nc(CN2CCOCC2)nc2scc(-c3cccs3)c12)C1CC1. The summed E-state index contributed by atoms with van der Waals surface area (Å²) in [6.07, 6.45) is 2.65. The lowest BCUT2D eigenvalue weighted by molar-refractivity contribution is 0.0331. The lowest BCUT2D eigenvalue weighted by atomic mass is 10.1. The van der Waals surface area contributed by atoms with E-state index in [0.29, 0.717) is 6.04 Å². The molecule has 2 fully saturated rings. The van der Waals surface area contributed by atoms with E-state index in [1.807, 2.05) is 0 Å². The van der Waals surface area contributed by atoms with E-state index < -0.39 is 0 Å². The summed E-state index contributed by atoms with van der Waals surface area (Å²) in [4.78, 5) is 14.7. The first kappa shape index (κ1) is 17.6. The van der Waals surface area contributed by atoms with Gasteiger partial charge in [0.15, 0.2) is 0 Å². The van der Waals surface area contributed by atoms with Crippen LogP contribution < -0.4 is 5.32 Å². The lowest BCUT2D eigenvalue weighted by Gasteiger charge is -2.26. The molecule has 5 nitrogen and oxygen atoms in total. The Bertz CT molecular complexity index is 914. The number of rotatable bonds is 6. The summed E-state index contributed by atoms with van der Waals surface area (Å²) in [5.41, 5.74) is 1.26. The zero-order chi connectivity index (χ0) is 18.2. The van der Waals surface area contributed by atoms with Crippen molar-refractivity contribution in [2.75, 3.05) is 31.6 Å². The normalized spacial score (nSPS) is 19.4. The van der Waals surface area contributed by atoms with Crippen LogP contribution >= 0.6 is 22.7 Å². The molecule has 5 rings (SSSR count). The third kappa shape index (κ3) is 3.74. The molecule has 4 heterocycles. The fourth-order valence-corrected chi connectivity index (χ4v) is 5.44. The van der Waals surface area contributed by atoms with Crippen molar-refractivity contribution in [1.82, 2.24) is 14.9 Å². The van der Waals surface area contributed by atoms with Crippen LogP contribution in [0.15, 0.2) is 22.9 Å². The second kappa shape index (κ2) is 7.47. The molecule has 1 N–H and O–H groups in total. The smallest absolute Gasteiger partial charge is 0.146 e. The molecule has 1 saturated carbocycles. The zero-order valence-corrected chi connectivity index (χ0v) is 17.1. The summed E-state index contributed by atoms with van der Waals surface area (Å²) < 4.78 is 5.47. The largest absolute Gasteiger partial charge is 0.379 e. The Hall–Kier alpha value is -1.54. The van der Waals surface area contributed by atoms with E-state index in [4.69, 9.17) is 14.7 Å². The average Bonchev–Trinajstić information content (AvgIpc) is 3.22. The molecule has 1 saturated heterocycles. The van der Waals surface area contributed by atoms with Crippen molar-refractivity contribution in [1.29, 1.82) is 0 Å². The highest BCUT2D eigenvalue weighted by Crippen LogP contribution is 2.40. The van der Waals surface area contributed by atoms with Gasteiger partial charge in [-0.05, 0) is 37.1 Å². The van der Waals surface area contributed by atoms with Crippen LogP contribution in [0.1, 0.15) is 25.6 Å². The van der Waals surface area contributed by atoms with Crippen LogP contribution in [-0.2, 0) is 11.3 Å². The first-order valence-electron chi connectivity index (χ1n) is 9.66. The Morgan fingerprint density at radius 1 is 1.26 bits per heavy atom. The molecule has 1 aliphatic heterocycles. The molecule has 0 amide bonds. The molecule has 0 spiro atoms. The summed E-state index contributed by atoms with van der Waals surface area (Å²) in [5, 5.41) is 9.28. The number of aromatic nitrogens is 2. The van der Waals surface area contributed by atoms with Gasteiger partial charge in [0.1, 0.15) is 16.5 Å². The maximum atomic E-state index is 5.47. The third-order valence-electron chi connectivity index (χ3n) is 5.43. The molecule has 1 aliphatic carbocycles. The molecule has 27 heavy (non-hydrogen) atoms. The molecular weight excluding hydrogens is 376 g/mol. The summed E-state index contributed by atoms with van der Waals surface area (Å²) in [6, 6.07) is 4.74. The van der Waals surface area contributed by atoms with E-state index in [1.54, 1.807) is 22.7 Å². The number of ether oxygens (including phenoxy) is 1. The predicted octanol–water partition coefficient (Wildman–Crippen LogP) is 4.46. The number of nitrogens with zero attached hydrogens (tertiary/aromatic N) is 3. The van der Waals surface area contributed by atoms with Crippen LogP contribution in [0.3, 0.4) is 0 Å². The van der Waals surface area contributed by atoms with Crippen molar-refractivity contribution in [2.24, 2.45) is 5.92 Å². The van der Waals surface area contributed by atoms with Crippen LogP contribution in [0.4, 0.5) is 5.82 Å². The van der Waals surface area contributed by atoms with Gasteiger partial charge in [0, 0.05) is 35.0 Å². The molecule has 3 aromatic rings. The van der Waals surface area contributed by atoms with Gasteiger partial charge in [0.2, 0.25) is 0 Å². The minimum absolute atomic E-state index is 0.454. The predicted molar refractivity (Wildman–Crippen MR) is 113 cm³/mol. The molecule has 0 bridgehead atoms. The monoisotopic (exact) mass is 400 g/mol. The topological polar surface area (TPSA) is 50.3 Å². The Balaban J connectivity index is 1.53. The second-order valence-corrected chi connectivity index (χ2v) is 9.26. The third-order valence-corrected chi connectivity index (χ3v) is 7.20. The molecule has 0 radical (unpaired) electrons. The Morgan fingerprint density at radius 2 is 2.11 bits per heavy atom.